The standard InChI is InChI=1S/C10H19/c1-4-6-7-8-9-10(3)5-2/h5,7-8,10H,4,6,9H2,1-3H3. The first-order valence-electron chi connectivity index (χ1n) is 4.25. The fourth-order valence-electron chi connectivity index (χ4n) is 0.731. The van der Waals surface area contributed by atoms with E-state index in [1.54, 1.807) is 0 Å². The lowest BCUT2D eigenvalue weighted by Crippen LogP contribution is -1.88. The minimum Gasteiger partial charge on any atom is -0.0885 e. The maximum Gasteiger partial charge on any atom is -0.0322 e. The van der Waals surface area contributed by atoms with Gasteiger partial charge in [0.2, 0.25) is 0 Å². The van der Waals surface area contributed by atoms with Crippen molar-refractivity contribution in [3.8, 4) is 0 Å². The first-order chi connectivity index (χ1) is 4.81. The molecule has 0 aliphatic heterocycles. The molecule has 0 rings (SSSR count). The highest BCUT2D eigenvalue weighted by Crippen LogP contribution is 2.06. The summed E-state index contributed by atoms with van der Waals surface area (Å²) in [7, 11) is 0. The predicted molar refractivity (Wildman–Crippen MR) is 47.8 cm³/mol. The summed E-state index contributed by atoms with van der Waals surface area (Å²) in [6.07, 6.45) is 10.5. The summed E-state index contributed by atoms with van der Waals surface area (Å²) in [5.41, 5.74) is 0. The number of hydrogen-bond donors (Lipinski definition) is 0. The van der Waals surface area contributed by atoms with Crippen LogP contribution in [0.25, 0.3) is 0 Å². The van der Waals surface area contributed by atoms with Crippen molar-refractivity contribution in [2.45, 2.75) is 40.0 Å². The Hall–Kier alpha value is -0.260. The first-order valence-corrected chi connectivity index (χ1v) is 4.25. The summed E-state index contributed by atoms with van der Waals surface area (Å²) in [6.45, 7) is 6.58. The quantitative estimate of drug-likeness (QED) is 0.510. The highest BCUT2D eigenvalue weighted by atomic mass is 14.0. The van der Waals surface area contributed by atoms with Gasteiger partial charge < -0.3 is 0 Å². The van der Waals surface area contributed by atoms with Gasteiger partial charge in [0.15, 0.2) is 0 Å². The molecule has 10 heavy (non-hydrogen) atoms. The van der Waals surface area contributed by atoms with Crippen LogP contribution in [0.2, 0.25) is 0 Å². The van der Waals surface area contributed by atoms with Crippen molar-refractivity contribution in [2.24, 2.45) is 5.92 Å². The molecular formula is C10H19. The molecule has 1 unspecified atom stereocenters. The Kier molecular flexibility index (Phi) is 6.68. The van der Waals surface area contributed by atoms with E-state index in [0.29, 0.717) is 0 Å². The molecule has 0 bridgehead atoms. The Bertz CT molecular complexity index is 82.0. The molecule has 0 fully saturated rings. The van der Waals surface area contributed by atoms with Gasteiger partial charge in [0.1, 0.15) is 0 Å². The second-order valence-electron chi connectivity index (χ2n) is 2.81. The van der Waals surface area contributed by atoms with E-state index in [-0.39, 0.29) is 0 Å². The number of hydrogen-bond acceptors (Lipinski definition) is 0. The Morgan fingerprint density at radius 1 is 1.30 bits per heavy atom. The normalized spacial score (nSPS) is 14.3. The van der Waals surface area contributed by atoms with Gasteiger partial charge in [-0.1, -0.05) is 39.3 Å². The minimum atomic E-state index is 0.744. The van der Waals surface area contributed by atoms with Crippen LogP contribution >= 0.6 is 0 Å². The molecule has 1 atom stereocenters. The van der Waals surface area contributed by atoms with E-state index in [1.807, 2.05) is 0 Å². The van der Waals surface area contributed by atoms with E-state index in [2.05, 4.69) is 39.3 Å². The van der Waals surface area contributed by atoms with Crippen molar-refractivity contribution in [3.63, 3.8) is 0 Å². The molecule has 0 heteroatoms. The van der Waals surface area contributed by atoms with E-state index >= 15 is 0 Å². The number of unbranched alkanes of at least 4 members (excludes halogenated alkanes) is 1. The molecule has 0 aromatic carbocycles. The maximum absolute atomic E-state index is 2.29. The van der Waals surface area contributed by atoms with Crippen LogP contribution in [0, 0.1) is 12.3 Å². The predicted octanol–water partition coefficient (Wildman–Crippen LogP) is 3.59. The summed E-state index contributed by atoms with van der Waals surface area (Å²) in [6, 6.07) is 0. The van der Waals surface area contributed by atoms with Crippen molar-refractivity contribution in [2.75, 3.05) is 0 Å². The second kappa shape index (κ2) is 6.85. The van der Waals surface area contributed by atoms with Crippen LogP contribution in [0.4, 0.5) is 0 Å². The van der Waals surface area contributed by atoms with Crippen molar-refractivity contribution in [1.29, 1.82) is 0 Å². The molecule has 0 saturated carbocycles. The van der Waals surface area contributed by atoms with Crippen molar-refractivity contribution in [3.05, 3.63) is 18.6 Å². The SMILES string of the molecule is C[CH]C(C)CC=CCCC. The molecule has 0 saturated heterocycles. The minimum absolute atomic E-state index is 0.744. The fraction of sp³-hybridized carbons (Fsp3) is 0.700. The van der Waals surface area contributed by atoms with Crippen LogP contribution in [-0.2, 0) is 0 Å². The lowest BCUT2D eigenvalue weighted by atomic mass is 10.1. The van der Waals surface area contributed by atoms with Gasteiger partial charge in [0, 0.05) is 0 Å². The summed E-state index contributed by atoms with van der Waals surface area (Å²) in [5, 5.41) is 0. The zero-order valence-electron chi connectivity index (χ0n) is 7.43. The van der Waals surface area contributed by atoms with E-state index in [1.165, 1.54) is 19.3 Å². The van der Waals surface area contributed by atoms with Crippen LogP contribution in [0.3, 0.4) is 0 Å². The number of allylic oxidation sites excluding steroid dienone is 2. The lowest BCUT2D eigenvalue weighted by Gasteiger charge is -2.01. The van der Waals surface area contributed by atoms with E-state index in [0.717, 1.165) is 5.92 Å². The summed E-state index contributed by atoms with van der Waals surface area (Å²) in [4.78, 5) is 0. The number of rotatable bonds is 5. The molecule has 0 heterocycles. The zero-order chi connectivity index (χ0) is 7.82. The first kappa shape index (κ1) is 9.74. The largest absolute Gasteiger partial charge is 0.0885 e. The Labute approximate surface area is 65.3 Å². The Morgan fingerprint density at radius 2 is 2.00 bits per heavy atom. The zero-order valence-corrected chi connectivity index (χ0v) is 7.43. The molecule has 0 aliphatic rings. The molecule has 0 N–H and O–H groups in total. The fourth-order valence-corrected chi connectivity index (χ4v) is 0.731. The third-order valence-electron chi connectivity index (χ3n) is 1.70. The van der Waals surface area contributed by atoms with Crippen molar-refractivity contribution >= 4 is 0 Å². The Morgan fingerprint density at radius 3 is 2.50 bits per heavy atom. The van der Waals surface area contributed by atoms with E-state index in [4.69, 9.17) is 0 Å². The molecule has 59 valence electrons. The van der Waals surface area contributed by atoms with Crippen LogP contribution in [0.15, 0.2) is 12.2 Å². The highest BCUT2D eigenvalue weighted by Gasteiger charge is 1.92. The average molecular weight is 139 g/mol. The van der Waals surface area contributed by atoms with Gasteiger partial charge in [0.25, 0.3) is 0 Å². The molecule has 0 aromatic rings. The van der Waals surface area contributed by atoms with Gasteiger partial charge in [-0.05, 0) is 25.2 Å². The van der Waals surface area contributed by atoms with Crippen LogP contribution in [-0.4, -0.2) is 0 Å². The van der Waals surface area contributed by atoms with Crippen LogP contribution < -0.4 is 0 Å². The topological polar surface area (TPSA) is 0 Å². The third-order valence-corrected chi connectivity index (χ3v) is 1.70. The van der Waals surface area contributed by atoms with E-state index < -0.39 is 0 Å². The highest BCUT2D eigenvalue weighted by molar-refractivity contribution is 4.85. The summed E-state index contributed by atoms with van der Waals surface area (Å²) >= 11 is 0. The van der Waals surface area contributed by atoms with Crippen molar-refractivity contribution < 1.29 is 0 Å². The average Bonchev–Trinajstić information content (AvgIpc) is 1.98. The molecule has 1 radical (unpaired) electrons. The molecule has 0 aliphatic carbocycles. The van der Waals surface area contributed by atoms with Gasteiger partial charge in [-0.15, -0.1) is 0 Å². The smallest absolute Gasteiger partial charge is 0.0322 e. The monoisotopic (exact) mass is 139 g/mol. The van der Waals surface area contributed by atoms with Crippen LogP contribution in [0.5, 0.6) is 0 Å². The van der Waals surface area contributed by atoms with Gasteiger partial charge >= 0.3 is 0 Å². The molecule has 0 amide bonds. The Balaban J connectivity index is 3.16. The third kappa shape index (κ3) is 5.87. The second-order valence-corrected chi connectivity index (χ2v) is 2.81. The van der Waals surface area contributed by atoms with Gasteiger partial charge in [-0.2, -0.15) is 0 Å². The molecule has 0 spiro atoms. The molecule has 0 nitrogen and oxygen atoms in total. The van der Waals surface area contributed by atoms with E-state index in [9.17, 15) is 0 Å². The maximum atomic E-state index is 2.29. The van der Waals surface area contributed by atoms with Crippen LogP contribution in [0.1, 0.15) is 40.0 Å². The van der Waals surface area contributed by atoms with Gasteiger partial charge in [-0.25, -0.2) is 0 Å². The van der Waals surface area contributed by atoms with Gasteiger partial charge in [0.05, 0.1) is 0 Å². The molecular weight excluding hydrogens is 120 g/mol. The molecule has 0 aromatic heterocycles. The lowest BCUT2D eigenvalue weighted by molar-refractivity contribution is 0.686. The van der Waals surface area contributed by atoms with Gasteiger partial charge in [-0.3, -0.25) is 0 Å². The van der Waals surface area contributed by atoms with Crippen molar-refractivity contribution in [1.82, 2.24) is 0 Å². The summed E-state index contributed by atoms with van der Waals surface area (Å²) < 4.78 is 0. The summed E-state index contributed by atoms with van der Waals surface area (Å²) in [5.74, 6) is 0.744.